The van der Waals surface area contributed by atoms with Crippen molar-refractivity contribution >= 4 is 33.5 Å². The zero-order valence-electron chi connectivity index (χ0n) is 50.9. The molecule has 0 aliphatic carbocycles. The normalized spacial score (nSPS) is 14.7. The van der Waals surface area contributed by atoms with E-state index >= 15 is 0 Å². The molecule has 0 saturated carbocycles. The molecular weight excluding hydrogens is 1070 g/mol. The number of unbranched alkanes of at least 4 members (excludes halogenated alkanes) is 28. The first-order valence-corrected chi connectivity index (χ1v) is 35.0. The first-order chi connectivity index (χ1) is 38.7. The Hall–Kier alpha value is -1.73. The van der Waals surface area contributed by atoms with Gasteiger partial charge in [-0.1, -0.05) is 220 Å². The van der Waals surface area contributed by atoms with Gasteiger partial charge in [0.2, 0.25) is 11.8 Å². The second kappa shape index (κ2) is 56.4. The lowest BCUT2D eigenvalue weighted by molar-refractivity contribution is -0.123. The summed E-state index contributed by atoms with van der Waals surface area (Å²) in [6.45, 7) is 7.28. The molecule has 0 aliphatic heterocycles. The van der Waals surface area contributed by atoms with Gasteiger partial charge in [-0.2, -0.15) is 0 Å². The third kappa shape index (κ3) is 55.5. The third-order valence-corrected chi connectivity index (χ3v) is 16.0. The van der Waals surface area contributed by atoms with Crippen LogP contribution in [0.4, 0.5) is 4.79 Å². The van der Waals surface area contributed by atoms with Gasteiger partial charge >= 0.3 is 21.7 Å². The number of aliphatic hydroxyl groups excluding tert-OH is 2. The molecule has 19 nitrogen and oxygen atoms in total. The van der Waals surface area contributed by atoms with Gasteiger partial charge in [-0.3, -0.25) is 27.7 Å². The maximum Gasteiger partial charge on any atom is 0.472 e. The van der Waals surface area contributed by atoms with Crippen molar-refractivity contribution in [2.75, 3.05) is 65.9 Å². The van der Waals surface area contributed by atoms with Crippen molar-refractivity contribution in [3.8, 4) is 0 Å². The number of urea groups is 1. The van der Waals surface area contributed by atoms with Crippen molar-refractivity contribution in [2.24, 2.45) is 0 Å². The monoisotopic (exact) mass is 1190 g/mol. The molecular formula is C59H120N4O15P2. The second-order valence-electron chi connectivity index (χ2n) is 21.9. The zero-order valence-corrected chi connectivity index (χ0v) is 52.7. The number of hydrogen-bond acceptors (Lipinski definition) is 13. The lowest BCUT2D eigenvalue weighted by atomic mass is 10.1. The summed E-state index contributed by atoms with van der Waals surface area (Å²) in [4.78, 5) is 59.1. The summed E-state index contributed by atoms with van der Waals surface area (Å²) in [5.41, 5.74) is 0. The topological polar surface area (TPSA) is 270 Å². The highest BCUT2D eigenvalue weighted by Crippen LogP contribution is 2.43. The van der Waals surface area contributed by atoms with Crippen LogP contribution in [0.1, 0.15) is 272 Å². The molecule has 0 aromatic heterocycles. The van der Waals surface area contributed by atoms with Gasteiger partial charge in [-0.05, 0) is 38.5 Å². The molecule has 0 aromatic rings. The summed E-state index contributed by atoms with van der Waals surface area (Å²) in [6, 6.07) is -2.23. The lowest BCUT2D eigenvalue weighted by Gasteiger charge is -2.21. The molecule has 0 rings (SSSR count). The van der Waals surface area contributed by atoms with E-state index in [-0.39, 0.29) is 64.5 Å². The number of phosphoric acid groups is 2. The van der Waals surface area contributed by atoms with E-state index in [0.717, 1.165) is 103 Å². The minimum Gasteiger partial charge on any atom is -0.393 e. The van der Waals surface area contributed by atoms with Crippen LogP contribution in [0.5, 0.6) is 0 Å². The van der Waals surface area contributed by atoms with Gasteiger partial charge in [0, 0.05) is 39.1 Å². The molecule has 6 atom stereocenters. The highest BCUT2D eigenvalue weighted by atomic mass is 31.2. The molecule has 476 valence electrons. The fraction of sp³-hybridized carbons (Fsp3) is 0.949. The maximum atomic E-state index is 12.9. The molecule has 0 radical (unpaired) electrons. The minimum atomic E-state index is -4.63. The SMILES string of the molecule is CCCCCCCCCCCCCC(=O)N[C@@H](COCC[C@H](O)CCCCCCC)COP(=O)(O)OCCNC(=O)NCCOP(=O)(O)OC[C@H](COCC[C@H](O)CCCCCCC)NC(=O)CCCCCCCCCCCCC. The molecule has 0 spiro atoms. The number of hydrogen-bond donors (Lipinski definition) is 8. The average Bonchev–Trinajstić information content (AvgIpc) is 3.42. The highest BCUT2D eigenvalue weighted by molar-refractivity contribution is 7.47. The van der Waals surface area contributed by atoms with Crippen LogP contribution in [0.3, 0.4) is 0 Å². The second-order valence-corrected chi connectivity index (χ2v) is 24.8. The Kier molecular flexibility index (Phi) is 55.2. The van der Waals surface area contributed by atoms with Crippen LogP contribution in [0.2, 0.25) is 0 Å². The fourth-order valence-corrected chi connectivity index (χ4v) is 10.6. The number of phosphoric ester groups is 2. The largest absolute Gasteiger partial charge is 0.472 e. The van der Waals surface area contributed by atoms with Crippen LogP contribution in [-0.2, 0) is 46.3 Å². The number of nitrogens with one attached hydrogen (secondary N) is 4. The smallest absolute Gasteiger partial charge is 0.393 e. The Bertz CT molecular complexity index is 1420. The zero-order chi connectivity index (χ0) is 59.1. The number of carbonyl (C=O) groups excluding carboxylic acids is 3. The molecule has 0 heterocycles. The fourth-order valence-electron chi connectivity index (χ4n) is 9.06. The van der Waals surface area contributed by atoms with E-state index in [1.807, 2.05) is 0 Å². The predicted octanol–water partition coefficient (Wildman–Crippen LogP) is 13.2. The van der Waals surface area contributed by atoms with Crippen molar-refractivity contribution in [3.63, 3.8) is 0 Å². The molecule has 21 heteroatoms. The third-order valence-electron chi connectivity index (χ3n) is 14.0. The summed E-state index contributed by atoms with van der Waals surface area (Å²) in [7, 11) is -9.25. The van der Waals surface area contributed by atoms with Crippen LogP contribution in [0.25, 0.3) is 0 Å². The lowest BCUT2D eigenvalue weighted by Crippen LogP contribution is -2.41. The van der Waals surface area contributed by atoms with Gasteiger partial charge in [-0.25, -0.2) is 13.9 Å². The molecule has 4 amide bonds. The van der Waals surface area contributed by atoms with E-state index in [2.05, 4.69) is 49.0 Å². The van der Waals surface area contributed by atoms with Crippen LogP contribution < -0.4 is 21.3 Å². The molecule has 0 fully saturated rings. The van der Waals surface area contributed by atoms with Gasteiger partial charge in [0.05, 0.1) is 63.9 Å². The summed E-state index contributed by atoms with van der Waals surface area (Å²) in [5.74, 6) is -0.443. The van der Waals surface area contributed by atoms with Gasteiger partial charge in [0.15, 0.2) is 0 Å². The quantitative estimate of drug-likeness (QED) is 0.0208. The van der Waals surface area contributed by atoms with Crippen molar-refractivity contribution < 1.29 is 71.1 Å². The van der Waals surface area contributed by atoms with E-state index in [4.69, 9.17) is 27.6 Å². The predicted molar refractivity (Wildman–Crippen MR) is 321 cm³/mol. The Morgan fingerprint density at radius 2 is 0.662 bits per heavy atom. The van der Waals surface area contributed by atoms with Crippen molar-refractivity contribution in [1.29, 1.82) is 0 Å². The van der Waals surface area contributed by atoms with Crippen molar-refractivity contribution in [1.82, 2.24) is 21.3 Å². The minimum absolute atomic E-state index is 0.00433. The number of ether oxygens (including phenoxy) is 2. The van der Waals surface area contributed by atoms with Gasteiger partial charge in [-0.15, -0.1) is 0 Å². The van der Waals surface area contributed by atoms with Gasteiger partial charge in [0.1, 0.15) is 0 Å². The summed E-state index contributed by atoms with van der Waals surface area (Å²) >= 11 is 0. The van der Waals surface area contributed by atoms with E-state index < -0.39 is 59.2 Å². The number of amides is 4. The highest BCUT2D eigenvalue weighted by Gasteiger charge is 2.26. The van der Waals surface area contributed by atoms with E-state index in [1.54, 1.807) is 0 Å². The molecule has 0 saturated heterocycles. The van der Waals surface area contributed by atoms with Crippen LogP contribution >= 0.6 is 15.6 Å². The van der Waals surface area contributed by atoms with E-state index in [1.165, 1.54) is 103 Å². The summed E-state index contributed by atoms with van der Waals surface area (Å²) < 4.78 is 57.8. The Balaban J connectivity index is 4.90. The summed E-state index contributed by atoms with van der Waals surface area (Å²) in [5, 5.41) is 31.4. The van der Waals surface area contributed by atoms with Crippen LogP contribution in [-0.4, -0.2) is 128 Å². The average molecular weight is 1190 g/mol. The Morgan fingerprint density at radius 1 is 0.375 bits per heavy atom. The van der Waals surface area contributed by atoms with Crippen molar-refractivity contribution in [3.05, 3.63) is 0 Å². The molecule has 8 N–H and O–H groups in total. The number of rotatable bonds is 62. The molecule has 80 heavy (non-hydrogen) atoms. The van der Waals surface area contributed by atoms with E-state index in [9.17, 15) is 43.5 Å². The molecule has 0 bridgehead atoms. The first-order valence-electron chi connectivity index (χ1n) is 32.0. The Labute approximate surface area is 486 Å². The van der Waals surface area contributed by atoms with Gasteiger partial charge < -0.3 is 50.7 Å². The number of aliphatic hydroxyl groups is 2. The van der Waals surface area contributed by atoms with Crippen molar-refractivity contribution in [2.45, 2.75) is 296 Å². The molecule has 2 unspecified atom stereocenters. The molecule has 0 aliphatic rings. The summed E-state index contributed by atoms with van der Waals surface area (Å²) in [6.07, 6.45) is 38.2. The first kappa shape index (κ1) is 78.3. The Morgan fingerprint density at radius 3 is 0.975 bits per heavy atom. The number of carbonyl (C=O) groups is 3. The van der Waals surface area contributed by atoms with E-state index in [0.29, 0.717) is 38.5 Å². The van der Waals surface area contributed by atoms with Crippen LogP contribution in [0.15, 0.2) is 0 Å². The maximum absolute atomic E-state index is 12.9. The van der Waals surface area contributed by atoms with Crippen LogP contribution in [0, 0.1) is 0 Å². The molecule has 0 aromatic carbocycles. The van der Waals surface area contributed by atoms with Gasteiger partial charge in [0.25, 0.3) is 0 Å². The standard InChI is InChI=1S/C59H120N4O15P2/c1-5-9-13-17-19-21-23-25-27-31-35-39-57(66)62-53(49-73-45-41-55(64)37-33-29-15-11-7-3)51-77-79(69,70)75-47-43-60-59(68)61-44-48-76-80(71,72)78-52-54(50-74-46-42-56(65)38-34-30-16-12-8-4)63-58(67)40-36-32-28-26-24-22-20-18-14-10-6-2/h53-56,64-65H,5-52H2,1-4H3,(H,62,66)(H,63,67)(H,69,70)(H,71,72)(H2,60,61,68)/t53-,54-,55+,56+/m0/s1.